The molecule has 1 saturated heterocycles. The van der Waals surface area contributed by atoms with E-state index in [-0.39, 0.29) is 71.6 Å². The number of amides is 2. The van der Waals surface area contributed by atoms with Crippen LogP contribution in [-0.2, 0) is 69.1 Å². The van der Waals surface area contributed by atoms with Crippen LogP contribution >= 0.6 is 0 Å². The standard InChI is InChI=1S/C59H62N2O12/c1-2-33-67-56(63)51(61-59(65)71-39-50-48-29-17-15-27-46(48)47-28-16-18-30-49(47)50)32-31-45(34-60-58(64)70-38-44-25-13-6-14-26-44)72-57-53(62)55(69-37-43-23-11-5-12-24-43)54(68-36-42-21-9-4-10-22-42)52(73-57)40-66-35-41-19-7-3-8-20-41/h2-30,45,50-55,57,62H,1,31-40H2,(H,60,64)(H,61,65)/t45-,51+,52-,53-,54+,55-,57-/m1/s1. The SMILES string of the molecule is C=CCOC(=O)[C@H](CC[C@H](CNC(=O)OCc1ccccc1)O[C@@H]1O[C@H](COCc2ccccc2)[C@H](OCc2ccccc2)[C@H](OCc2ccccc2)[C@H]1O)NC(=O)OCC1c2ccccc2-c2ccccc21. The van der Waals surface area contributed by atoms with E-state index in [2.05, 4.69) is 17.2 Å². The number of nitrogens with one attached hydrogen (secondary N) is 2. The molecule has 1 aliphatic carbocycles. The van der Waals surface area contributed by atoms with E-state index < -0.39 is 61.0 Å². The highest BCUT2D eigenvalue weighted by Crippen LogP contribution is 2.44. The van der Waals surface area contributed by atoms with E-state index in [0.29, 0.717) is 0 Å². The summed E-state index contributed by atoms with van der Waals surface area (Å²) in [5.41, 5.74) is 7.72. The number of hydrogen-bond donors (Lipinski definition) is 3. The minimum absolute atomic E-state index is 0.0133. The van der Waals surface area contributed by atoms with Gasteiger partial charge in [-0.15, -0.1) is 0 Å². The fourth-order valence-corrected chi connectivity index (χ4v) is 8.94. The lowest BCUT2D eigenvalue weighted by Gasteiger charge is -2.45. The first kappa shape index (κ1) is 52.2. The van der Waals surface area contributed by atoms with Crippen molar-refractivity contribution in [2.75, 3.05) is 26.4 Å². The minimum atomic E-state index is -1.44. The van der Waals surface area contributed by atoms with E-state index in [9.17, 15) is 19.5 Å². The maximum atomic E-state index is 13.7. The summed E-state index contributed by atoms with van der Waals surface area (Å²) in [5.74, 6) is -0.951. The lowest BCUT2D eigenvalue weighted by atomic mass is 9.98. The van der Waals surface area contributed by atoms with Crippen LogP contribution < -0.4 is 10.6 Å². The van der Waals surface area contributed by atoms with Gasteiger partial charge in [0.2, 0.25) is 0 Å². The van der Waals surface area contributed by atoms with Crippen molar-refractivity contribution in [1.82, 2.24) is 10.6 Å². The molecule has 0 unspecified atom stereocenters. The van der Waals surface area contributed by atoms with Gasteiger partial charge in [-0.3, -0.25) is 0 Å². The summed E-state index contributed by atoms with van der Waals surface area (Å²) in [6.45, 7) is 4.06. The first-order valence-electron chi connectivity index (χ1n) is 24.6. The van der Waals surface area contributed by atoms with E-state index in [1.54, 1.807) is 0 Å². The zero-order valence-corrected chi connectivity index (χ0v) is 40.6. The smallest absolute Gasteiger partial charge is 0.407 e. The molecular weight excluding hydrogens is 929 g/mol. The number of esters is 1. The van der Waals surface area contributed by atoms with Gasteiger partial charge in [-0.2, -0.15) is 0 Å². The van der Waals surface area contributed by atoms with Crippen LogP contribution in [0.5, 0.6) is 0 Å². The molecule has 6 aromatic rings. The number of aliphatic hydroxyl groups is 1. The second-order valence-electron chi connectivity index (χ2n) is 17.8. The molecule has 0 radical (unpaired) electrons. The Morgan fingerprint density at radius 3 is 1.68 bits per heavy atom. The van der Waals surface area contributed by atoms with E-state index in [1.165, 1.54) is 6.08 Å². The Morgan fingerprint density at radius 1 is 0.589 bits per heavy atom. The highest BCUT2D eigenvalue weighted by Gasteiger charge is 2.48. The summed E-state index contributed by atoms with van der Waals surface area (Å²) in [4.78, 5) is 40.5. The monoisotopic (exact) mass is 990 g/mol. The van der Waals surface area contributed by atoms with Gasteiger partial charge in [-0.05, 0) is 57.3 Å². The zero-order chi connectivity index (χ0) is 50.6. The van der Waals surface area contributed by atoms with Gasteiger partial charge < -0.3 is 53.6 Å². The molecule has 73 heavy (non-hydrogen) atoms. The van der Waals surface area contributed by atoms with Crippen LogP contribution in [0.3, 0.4) is 0 Å². The van der Waals surface area contributed by atoms with E-state index in [1.807, 2.05) is 170 Å². The Bertz CT molecular complexity index is 2610. The fraction of sp³-hybridized carbons (Fsp3) is 0.305. The van der Waals surface area contributed by atoms with Crippen molar-refractivity contribution in [2.45, 2.75) is 88.0 Å². The van der Waals surface area contributed by atoms with Crippen LogP contribution in [-0.4, -0.2) is 92.5 Å². The van der Waals surface area contributed by atoms with Crippen molar-refractivity contribution in [3.8, 4) is 11.1 Å². The number of rotatable bonds is 25. The van der Waals surface area contributed by atoms with E-state index in [4.69, 9.17) is 37.9 Å². The number of benzene rings is 6. The third-order valence-corrected chi connectivity index (χ3v) is 12.6. The van der Waals surface area contributed by atoms with Crippen molar-refractivity contribution < 1.29 is 57.4 Å². The maximum Gasteiger partial charge on any atom is 0.407 e. The molecule has 7 atom stereocenters. The van der Waals surface area contributed by atoms with Crippen LogP contribution in [0.25, 0.3) is 11.1 Å². The molecule has 3 N–H and O–H groups in total. The quantitative estimate of drug-likeness (QED) is 0.0283. The predicted octanol–water partition coefficient (Wildman–Crippen LogP) is 9.19. The number of alkyl carbamates (subject to hydrolysis) is 2. The van der Waals surface area contributed by atoms with Gasteiger partial charge in [0.25, 0.3) is 0 Å². The lowest BCUT2D eigenvalue weighted by Crippen LogP contribution is -2.61. The molecule has 380 valence electrons. The topological polar surface area (TPSA) is 169 Å². The van der Waals surface area contributed by atoms with Crippen molar-refractivity contribution in [1.29, 1.82) is 0 Å². The van der Waals surface area contributed by atoms with Crippen LogP contribution in [0.15, 0.2) is 183 Å². The Hall–Kier alpha value is -7.17. The molecule has 0 aromatic heterocycles. The molecule has 2 amide bonds. The molecule has 8 rings (SSSR count). The molecule has 6 aromatic carbocycles. The van der Waals surface area contributed by atoms with Crippen molar-refractivity contribution >= 4 is 18.2 Å². The molecule has 2 aliphatic rings. The first-order chi connectivity index (χ1) is 35.8. The Kier molecular flexibility index (Phi) is 19.3. The first-order valence-corrected chi connectivity index (χ1v) is 24.6. The number of aliphatic hydroxyl groups excluding tert-OH is 1. The number of ether oxygens (including phenoxy) is 8. The van der Waals surface area contributed by atoms with Crippen molar-refractivity contribution in [2.24, 2.45) is 0 Å². The third-order valence-electron chi connectivity index (χ3n) is 12.6. The highest BCUT2D eigenvalue weighted by molar-refractivity contribution is 5.82. The van der Waals surface area contributed by atoms with Crippen molar-refractivity contribution in [3.63, 3.8) is 0 Å². The summed E-state index contributed by atoms with van der Waals surface area (Å²) in [6, 6.07) is 52.9. The molecule has 14 nitrogen and oxygen atoms in total. The van der Waals surface area contributed by atoms with Gasteiger partial charge in [-0.25, -0.2) is 14.4 Å². The largest absolute Gasteiger partial charge is 0.460 e. The average molecular weight is 991 g/mol. The molecule has 0 bridgehead atoms. The highest BCUT2D eigenvalue weighted by atomic mass is 16.7. The molecule has 0 saturated carbocycles. The van der Waals surface area contributed by atoms with Crippen LogP contribution in [0.4, 0.5) is 9.59 Å². The molecule has 1 heterocycles. The lowest BCUT2D eigenvalue weighted by molar-refractivity contribution is -0.327. The normalized spacial score (nSPS) is 18.8. The number of carbonyl (C=O) groups is 3. The molecule has 1 aliphatic heterocycles. The van der Waals surface area contributed by atoms with Crippen molar-refractivity contribution in [3.05, 3.63) is 216 Å². The van der Waals surface area contributed by atoms with Crippen LogP contribution in [0.2, 0.25) is 0 Å². The van der Waals surface area contributed by atoms with Crippen LogP contribution in [0.1, 0.15) is 52.1 Å². The number of carbonyl (C=O) groups excluding carboxylic acids is 3. The van der Waals surface area contributed by atoms with E-state index >= 15 is 0 Å². The number of hydrogen-bond acceptors (Lipinski definition) is 12. The molecular formula is C59H62N2O12. The minimum Gasteiger partial charge on any atom is -0.460 e. The van der Waals surface area contributed by atoms with E-state index in [0.717, 1.165) is 44.5 Å². The summed E-state index contributed by atoms with van der Waals surface area (Å²) in [6.07, 6.45) is -6.58. The van der Waals surface area contributed by atoms with Gasteiger partial charge in [0.1, 0.15) is 50.3 Å². The zero-order valence-electron chi connectivity index (χ0n) is 40.6. The van der Waals surface area contributed by atoms with Gasteiger partial charge in [0, 0.05) is 12.5 Å². The van der Waals surface area contributed by atoms with Crippen LogP contribution in [0, 0.1) is 0 Å². The average Bonchev–Trinajstić information content (AvgIpc) is 3.75. The number of fused-ring (bicyclic) bond motifs is 3. The third kappa shape index (κ3) is 15.0. The summed E-state index contributed by atoms with van der Waals surface area (Å²) >= 11 is 0. The van der Waals surface area contributed by atoms with Gasteiger partial charge in [0.15, 0.2) is 6.29 Å². The Balaban J connectivity index is 1.02. The Labute approximate surface area is 426 Å². The second kappa shape index (κ2) is 27.0. The summed E-state index contributed by atoms with van der Waals surface area (Å²) in [7, 11) is 0. The predicted molar refractivity (Wildman–Crippen MR) is 273 cm³/mol. The second-order valence-corrected chi connectivity index (χ2v) is 17.8. The van der Waals surface area contributed by atoms with Gasteiger partial charge in [0.05, 0.1) is 32.5 Å². The molecule has 14 heteroatoms. The Morgan fingerprint density at radius 2 is 1.11 bits per heavy atom. The fourth-order valence-electron chi connectivity index (χ4n) is 8.94. The summed E-state index contributed by atoms with van der Waals surface area (Å²) in [5, 5.41) is 17.8. The van der Waals surface area contributed by atoms with Gasteiger partial charge >= 0.3 is 18.2 Å². The van der Waals surface area contributed by atoms with Gasteiger partial charge in [-0.1, -0.05) is 183 Å². The molecule has 0 spiro atoms. The maximum absolute atomic E-state index is 13.7. The summed E-state index contributed by atoms with van der Waals surface area (Å²) < 4.78 is 49.5. The molecule has 1 fully saturated rings.